The Balaban J connectivity index is 1.71. The van der Waals surface area contributed by atoms with E-state index >= 15 is 0 Å². The Morgan fingerprint density at radius 2 is 2.10 bits per heavy atom. The van der Waals surface area contributed by atoms with Crippen LogP contribution < -0.4 is 5.73 Å². The van der Waals surface area contributed by atoms with E-state index in [2.05, 4.69) is 15.0 Å². The van der Waals surface area contributed by atoms with Gasteiger partial charge in [-0.3, -0.25) is 0 Å². The maximum Gasteiger partial charge on any atom is 0.168 e. The average molecular weight is 284 g/mol. The van der Waals surface area contributed by atoms with Gasteiger partial charge < -0.3 is 20.0 Å². The second-order valence-electron chi connectivity index (χ2n) is 5.65. The largest absolute Gasteiger partial charge is 0.394 e. The van der Waals surface area contributed by atoms with Crippen LogP contribution >= 0.6 is 0 Å². The van der Waals surface area contributed by atoms with Gasteiger partial charge in [0.05, 0.1) is 12.9 Å². The number of nitrogens with zero attached hydrogens (tertiary/aromatic N) is 5. The topological polar surface area (TPSA) is 94.8 Å². The summed E-state index contributed by atoms with van der Waals surface area (Å²) in [5.41, 5.74) is 7.16. The second kappa shape index (κ2) is 4.37. The molecule has 3 aromatic heterocycles. The summed E-state index contributed by atoms with van der Waals surface area (Å²) in [5, 5.41) is 9.27. The van der Waals surface area contributed by atoms with Crippen molar-refractivity contribution in [3.8, 4) is 5.82 Å². The van der Waals surface area contributed by atoms with Gasteiger partial charge in [0.25, 0.3) is 0 Å². The zero-order valence-corrected chi connectivity index (χ0v) is 11.4. The summed E-state index contributed by atoms with van der Waals surface area (Å²) in [6, 6.07) is 3.89. The van der Waals surface area contributed by atoms with Crippen LogP contribution in [-0.4, -0.2) is 41.3 Å². The van der Waals surface area contributed by atoms with Gasteiger partial charge in [-0.25, -0.2) is 15.0 Å². The fourth-order valence-electron chi connectivity index (χ4n) is 2.74. The Morgan fingerprint density at radius 1 is 1.29 bits per heavy atom. The average Bonchev–Trinajstić information content (AvgIpc) is 2.94. The first-order valence-electron chi connectivity index (χ1n) is 6.90. The normalized spacial score (nSPS) is 24.6. The Bertz CT molecular complexity index is 780. The van der Waals surface area contributed by atoms with Crippen molar-refractivity contribution in [2.75, 3.05) is 6.61 Å². The standard InChI is InChI=1S/C14H16N6O/c15-14(7-21)5-10(14)6-20-9-18-11-12(16-8-17-13(11)20)19-3-1-2-4-19/h1-4,8-10,21H,5-7,15H2/t10-,14+/m0/s1. The first-order chi connectivity index (χ1) is 10.2. The monoisotopic (exact) mass is 284 g/mol. The maximum absolute atomic E-state index is 9.27. The minimum atomic E-state index is -0.438. The smallest absolute Gasteiger partial charge is 0.168 e. The van der Waals surface area contributed by atoms with Crippen LogP contribution in [-0.2, 0) is 6.54 Å². The zero-order chi connectivity index (χ0) is 14.4. The van der Waals surface area contributed by atoms with Crippen molar-refractivity contribution in [1.82, 2.24) is 24.1 Å². The number of aromatic nitrogens is 5. The van der Waals surface area contributed by atoms with E-state index in [9.17, 15) is 5.11 Å². The van der Waals surface area contributed by atoms with Crippen LogP contribution in [0.2, 0.25) is 0 Å². The van der Waals surface area contributed by atoms with Crippen molar-refractivity contribution in [2.45, 2.75) is 18.5 Å². The van der Waals surface area contributed by atoms with Gasteiger partial charge in [0, 0.05) is 24.5 Å². The van der Waals surface area contributed by atoms with E-state index in [0.29, 0.717) is 0 Å². The third-order valence-electron chi connectivity index (χ3n) is 4.22. The van der Waals surface area contributed by atoms with Crippen LogP contribution in [0.25, 0.3) is 17.0 Å². The molecule has 1 aliphatic carbocycles. The van der Waals surface area contributed by atoms with Gasteiger partial charge >= 0.3 is 0 Å². The van der Waals surface area contributed by atoms with Crippen molar-refractivity contribution in [2.24, 2.45) is 11.7 Å². The lowest BCUT2D eigenvalue weighted by molar-refractivity contribution is 0.244. The van der Waals surface area contributed by atoms with Crippen LogP contribution in [0, 0.1) is 5.92 Å². The summed E-state index contributed by atoms with van der Waals surface area (Å²) in [4.78, 5) is 13.1. The van der Waals surface area contributed by atoms with E-state index < -0.39 is 5.54 Å². The molecule has 1 aliphatic rings. The van der Waals surface area contributed by atoms with Crippen LogP contribution in [0.15, 0.2) is 37.2 Å². The molecular weight excluding hydrogens is 268 g/mol. The number of aliphatic hydroxyl groups is 1. The van der Waals surface area contributed by atoms with E-state index in [1.165, 1.54) is 0 Å². The van der Waals surface area contributed by atoms with Crippen molar-refractivity contribution < 1.29 is 5.11 Å². The number of hydrogen-bond donors (Lipinski definition) is 2. The van der Waals surface area contributed by atoms with Gasteiger partial charge in [-0.2, -0.15) is 0 Å². The molecule has 21 heavy (non-hydrogen) atoms. The van der Waals surface area contributed by atoms with Crippen LogP contribution in [0.3, 0.4) is 0 Å². The zero-order valence-electron chi connectivity index (χ0n) is 11.4. The number of aliphatic hydroxyl groups excluding tert-OH is 1. The van der Waals surface area contributed by atoms with E-state index in [4.69, 9.17) is 5.73 Å². The van der Waals surface area contributed by atoms with Crippen molar-refractivity contribution in [3.05, 3.63) is 37.2 Å². The highest BCUT2D eigenvalue weighted by atomic mass is 16.3. The van der Waals surface area contributed by atoms with Crippen LogP contribution in [0.4, 0.5) is 0 Å². The van der Waals surface area contributed by atoms with Gasteiger partial charge in [-0.1, -0.05) is 0 Å². The predicted octanol–water partition coefficient (Wildman–Crippen LogP) is 0.327. The fraction of sp³-hybridized carbons (Fsp3) is 0.357. The highest BCUT2D eigenvalue weighted by Gasteiger charge is 2.50. The van der Waals surface area contributed by atoms with Gasteiger partial charge in [-0.05, 0) is 24.5 Å². The molecule has 3 aromatic rings. The Kier molecular flexibility index (Phi) is 2.60. The first kappa shape index (κ1) is 12.5. The van der Waals surface area contributed by atoms with Crippen molar-refractivity contribution in [3.63, 3.8) is 0 Å². The molecule has 108 valence electrons. The molecule has 0 aromatic carbocycles. The van der Waals surface area contributed by atoms with E-state index in [-0.39, 0.29) is 12.5 Å². The maximum atomic E-state index is 9.27. The molecule has 0 radical (unpaired) electrons. The number of fused-ring (bicyclic) bond motifs is 1. The number of hydrogen-bond acceptors (Lipinski definition) is 5. The number of imidazole rings is 1. The highest BCUT2D eigenvalue weighted by molar-refractivity contribution is 5.78. The molecule has 3 N–H and O–H groups in total. The number of nitrogens with two attached hydrogens (primary N) is 1. The third kappa shape index (κ3) is 1.93. The lowest BCUT2D eigenvalue weighted by Crippen LogP contribution is -2.30. The molecule has 0 unspecified atom stereocenters. The molecule has 0 amide bonds. The lowest BCUT2D eigenvalue weighted by Gasteiger charge is -2.08. The molecule has 0 spiro atoms. The van der Waals surface area contributed by atoms with Crippen molar-refractivity contribution >= 4 is 11.2 Å². The summed E-state index contributed by atoms with van der Waals surface area (Å²) in [7, 11) is 0. The summed E-state index contributed by atoms with van der Waals surface area (Å²) in [6.07, 6.45) is 8.00. The Morgan fingerprint density at radius 3 is 2.81 bits per heavy atom. The van der Waals surface area contributed by atoms with E-state index in [1.54, 1.807) is 12.7 Å². The molecule has 7 nitrogen and oxygen atoms in total. The molecule has 4 rings (SSSR count). The van der Waals surface area contributed by atoms with Gasteiger partial charge in [0.15, 0.2) is 17.0 Å². The predicted molar refractivity (Wildman–Crippen MR) is 76.8 cm³/mol. The molecule has 3 heterocycles. The Labute approximate surface area is 121 Å². The highest BCUT2D eigenvalue weighted by Crippen LogP contribution is 2.42. The molecular formula is C14H16N6O. The summed E-state index contributed by atoms with van der Waals surface area (Å²) < 4.78 is 3.90. The Hall–Kier alpha value is -2.25. The SMILES string of the molecule is N[C@@]1(CO)C[C@H]1Cn1cnc2c(-n3cccc3)ncnc21. The van der Waals surface area contributed by atoms with Gasteiger partial charge in [0.1, 0.15) is 6.33 Å². The third-order valence-corrected chi connectivity index (χ3v) is 4.22. The molecule has 0 saturated heterocycles. The van der Waals surface area contributed by atoms with Crippen molar-refractivity contribution in [1.29, 1.82) is 0 Å². The second-order valence-corrected chi connectivity index (χ2v) is 5.65. The quantitative estimate of drug-likeness (QED) is 0.720. The molecule has 0 bridgehead atoms. The van der Waals surface area contributed by atoms with Crippen LogP contribution in [0.5, 0.6) is 0 Å². The molecule has 1 saturated carbocycles. The van der Waals surface area contributed by atoms with Gasteiger partial charge in [0.2, 0.25) is 0 Å². The molecule has 2 atom stereocenters. The minimum Gasteiger partial charge on any atom is -0.394 e. The first-order valence-corrected chi connectivity index (χ1v) is 6.90. The summed E-state index contributed by atoms with van der Waals surface area (Å²) in [5.74, 6) is 1.03. The van der Waals surface area contributed by atoms with Gasteiger partial charge in [-0.15, -0.1) is 0 Å². The molecule has 7 heteroatoms. The summed E-state index contributed by atoms with van der Waals surface area (Å²) in [6.45, 7) is 0.740. The van der Waals surface area contributed by atoms with Crippen LogP contribution in [0.1, 0.15) is 6.42 Å². The number of rotatable bonds is 4. The summed E-state index contributed by atoms with van der Waals surface area (Å²) >= 11 is 0. The van der Waals surface area contributed by atoms with E-state index in [1.807, 2.05) is 33.7 Å². The molecule has 0 aliphatic heterocycles. The fourth-order valence-corrected chi connectivity index (χ4v) is 2.74. The molecule has 1 fully saturated rings. The lowest BCUT2D eigenvalue weighted by atomic mass is 10.2. The van der Waals surface area contributed by atoms with E-state index in [0.717, 1.165) is 29.9 Å². The minimum absolute atomic E-state index is 0.0217.